The second-order valence-electron chi connectivity index (χ2n) is 6.33. The number of Topliss-reactive ketones (excluding diaryl/α,β-unsaturated/α-hetero) is 1. The Morgan fingerprint density at radius 1 is 1.29 bits per heavy atom. The van der Waals surface area contributed by atoms with Gasteiger partial charge in [0.05, 0.1) is 22.8 Å². The van der Waals surface area contributed by atoms with E-state index in [4.69, 9.17) is 11.6 Å². The van der Waals surface area contributed by atoms with Crippen molar-refractivity contribution < 1.29 is 4.79 Å². The van der Waals surface area contributed by atoms with Gasteiger partial charge in [-0.15, -0.1) is 0 Å². The molecule has 0 N–H and O–H groups in total. The fraction of sp³-hybridized carbons (Fsp3) is 0.765. The molecule has 0 aromatic carbocycles. The molecule has 2 rings (SSSR count). The molecule has 0 atom stereocenters. The quantitative estimate of drug-likeness (QED) is 0.782. The Balaban J connectivity index is 1.95. The summed E-state index contributed by atoms with van der Waals surface area (Å²) < 4.78 is 1.78. The van der Waals surface area contributed by atoms with Crippen LogP contribution in [0.25, 0.3) is 0 Å². The summed E-state index contributed by atoms with van der Waals surface area (Å²) in [7, 11) is 1.88. The van der Waals surface area contributed by atoms with Crippen molar-refractivity contribution in [3.05, 3.63) is 16.4 Å². The van der Waals surface area contributed by atoms with Crippen molar-refractivity contribution in [3.8, 4) is 0 Å². The summed E-state index contributed by atoms with van der Waals surface area (Å²) >= 11 is 6.34. The highest BCUT2D eigenvalue weighted by atomic mass is 35.5. The summed E-state index contributed by atoms with van der Waals surface area (Å²) in [6.07, 6.45) is 8.35. The summed E-state index contributed by atoms with van der Waals surface area (Å²) in [6, 6.07) is 0. The van der Waals surface area contributed by atoms with Crippen LogP contribution in [-0.2, 0) is 24.7 Å². The van der Waals surface area contributed by atoms with Gasteiger partial charge in [-0.1, -0.05) is 38.3 Å². The first-order valence-electron chi connectivity index (χ1n) is 8.29. The van der Waals surface area contributed by atoms with E-state index in [2.05, 4.69) is 12.0 Å². The zero-order valence-corrected chi connectivity index (χ0v) is 14.2. The van der Waals surface area contributed by atoms with Crippen LogP contribution in [0, 0.1) is 11.8 Å². The van der Waals surface area contributed by atoms with Crippen LogP contribution in [0.15, 0.2) is 0 Å². The largest absolute Gasteiger partial charge is 0.299 e. The minimum atomic E-state index is 0.231. The molecule has 0 aliphatic heterocycles. The van der Waals surface area contributed by atoms with E-state index in [0.717, 1.165) is 36.6 Å². The van der Waals surface area contributed by atoms with Crippen molar-refractivity contribution in [2.24, 2.45) is 18.9 Å². The van der Waals surface area contributed by atoms with Gasteiger partial charge in [0.25, 0.3) is 0 Å². The monoisotopic (exact) mass is 310 g/mol. The zero-order chi connectivity index (χ0) is 15.4. The van der Waals surface area contributed by atoms with Gasteiger partial charge in [0, 0.05) is 13.0 Å². The highest BCUT2D eigenvalue weighted by Crippen LogP contribution is 2.33. The van der Waals surface area contributed by atoms with Gasteiger partial charge in [-0.05, 0) is 38.0 Å². The molecule has 1 heterocycles. The standard InChI is InChI=1S/C17H27ClN2O/c1-4-6-12-7-9-13(10-8-12)16(21)11-15-17(18)14(5-2)19-20(15)3/h12-13H,4-11H2,1-3H3. The third-order valence-electron chi connectivity index (χ3n) is 4.84. The molecule has 21 heavy (non-hydrogen) atoms. The first-order valence-corrected chi connectivity index (χ1v) is 8.67. The van der Waals surface area contributed by atoms with E-state index < -0.39 is 0 Å². The fourth-order valence-corrected chi connectivity index (χ4v) is 3.86. The molecular weight excluding hydrogens is 284 g/mol. The number of ketones is 1. The molecule has 0 radical (unpaired) electrons. The number of aryl methyl sites for hydroxylation is 2. The Morgan fingerprint density at radius 2 is 1.95 bits per heavy atom. The van der Waals surface area contributed by atoms with Gasteiger partial charge in [0.15, 0.2) is 0 Å². The van der Waals surface area contributed by atoms with E-state index in [9.17, 15) is 4.79 Å². The van der Waals surface area contributed by atoms with E-state index in [-0.39, 0.29) is 5.92 Å². The Labute approximate surface area is 133 Å². The number of hydrogen-bond donors (Lipinski definition) is 0. The number of halogens is 1. The molecule has 1 aromatic rings. The predicted molar refractivity (Wildman–Crippen MR) is 86.7 cm³/mol. The number of carbonyl (C=O) groups is 1. The lowest BCUT2D eigenvalue weighted by atomic mass is 9.77. The van der Waals surface area contributed by atoms with E-state index in [1.165, 1.54) is 25.7 Å². The Morgan fingerprint density at radius 3 is 2.48 bits per heavy atom. The zero-order valence-electron chi connectivity index (χ0n) is 13.5. The molecule has 4 heteroatoms. The van der Waals surface area contributed by atoms with Gasteiger partial charge >= 0.3 is 0 Å². The number of nitrogens with zero attached hydrogens (tertiary/aromatic N) is 2. The number of rotatable bonds is 6. The first-order chi connectivity index (χ1) is 10.1. The van der Waals surface area contributed by atoms with Crippen molar-refractivity contribution in [3.63, 3.8) is 0 Å². The van der Waals surface area contributed by atoms with Gasteiger partial charge < -0.3 is 0 Å². The van der Waals surface area contributed by atoms with Crippen LogP contribution in [0.5, 0.6) is 0 Å². The highest BCUT2D eigenvalue weighted by Gasteiger charge is 2.27. The SMILES string of the molecule is CCCC1CCC(C(=O)Cc2c(Cl)c(CC)nn2C)CC1. The predicted octanol–water partition coefficient (Wildman–Crippen LogP) is 4.35. The van der Waals surface area contributed by atoms with Crippen LogP contribution in [0.1, 0.15) is 63.8 Å². The molecule has 118 valence electrons. The molecule has 0 amide bonds. The Hall–Kier alpha value is -0.830. The Kier molecular flexibility index (Phi) is 5.86. The van der Waals surface area contributed by atoms with Gasteiger partial charge in [-0.2, -0.15) is 5.10 Å². The maximum Gasteiger partial charge on any atom is 0.141 e. The second kappa shape index (κ2) is 7.44. The lowest BCUT2D eigenvalue weighted by Gasteiger charge is -2.27. The lowest BCUT2D eigenvalue weighted by Crippen LogP contribution is -2.24. The molecule has 0 unspecified atom stereocenters. The topological polar surface area (TPSA) is 34.9 Å². The molecule has 1 saturated carbocycles. The van der Waals surface area contributed by atoms with E-state index in [1.54, 1.807) is 4.68 Å². The summed E-state index contributed by atoms with van der Waals surface area (Å²) in [6.45, 7) is 4.28. The van der Waals surface area contributed by atoms with Gasteiger partial charge in [0.2, 0.25) is 0 Å². The summed E-state index contributed by atoms with van der Waals surface area (Å²) in [4.78, 5) is 12.5. The van der Waals surface area contributed by atoms with Crippen molar-refractivity contribution >= 4 is 17.4 Å². The molecule has 1 aromatic heterocycles. The molecule has 0 saturated heterocycles. The molecule has 0 spiro atoms. The van der Waals surface area contributed by atoms with Crippen molar-refractivity contribution in [1.29, 1.82) is 0 Å². The van der Waals surface area contributed by atoms with E-state index in [0.29, 0.717) is 17.2 Å². The Bertz CT molecular complexity index is 487. The van der Waals surface area contributed by atoms with Crippen molar-refractivity contribution in [1.82, 2.24) is 9.78 Å². The smallest absolute Gasteiger partial charge is 0.141 e. The van der Waals surface area contributed by atoms with Crippen LogP contribution in [0.2, 0.25) is 5.02 Å². The molecule has 1 aliphatic rings. The third kappa shape index (κ3) is 3.88. The molecule has 1 aliphatic carbocycles. The maximum absolute atomic E-state index is 12.5. The van der Waals surface area contributed by atoms with Crippen molar-refractivity contribution in [2.45, 2.75) is 65.2 Å². The highest BCUT2D eigenvalue weighted by molar-refractivity contribution is 6.32. The normalized spacial score (nSPS) is 22.5. The molecular formula is C17H27ClN2O. The number of aromatic nitrogens is 2. The number of carbonyl (C=O) groups excluding carboxylic acids is 1. The van der Waals surface area contributed by atoms with E-state index >= 15 is 0 Å². The van der Waals surface area contributed by atoms with Gasteiger partial charge in [-0.25, -0.2) is 0 Å². The first kappa shape index (κ1) is 16.5. The second-order valence-corrected chi connectivity index (χ2v) is 6.71. The average molecular weight is 311 g/mol. The molecule has 0 bridgehead atoms. The van der Waals surface area contributed by atoms with Crippen LogP contribution in [0.4, 0.5) is 0 Å². The van der Waals surface area contributed by atoms with Crippen LogP contribution < -0.4 is 0 Å². The maximum atomic E-state index is 12.5. The van der Waals surface area contributed by atoms with Crippen molar-refractivity contribution in [2.75, 3.05) is 0 Å². The van der Waals surface area contributed by atoms with Gasteiger partial charge in [-0.3, -0.25) is 9.48 Å². The molecule has 1 fully saturated rings. The molecule has 3 nitrogen and oxygen atoms in total. The minimum Gasteiger partial charge on any atom is -0.299 e. The van der Waals surface area contributed by atoms with Crippen LogP contribution in [-0.4, -0.2) is 15.6 Å². The van der Waals surface area contributed by atoms with Crippen LogP contribution in [0.3, 0.4) is 0 Å². The van der Waals surface area contributed by atoms with E-state index in [1.807, 2.05) is 14.0 Å². The third-order valence-corrected chi connectivity index (χ3v) is 5.28. The summed E-state index contributed by atoms with van der Waals surface area (Å²) in [5.74, 6) is 1.41. The summed E-state index contributed by atoms with van der Waals surface area (Å²) in [5.41, 5.74) is 1.78. The minimum absolute atomic E-state index is 0.231. The lowest BCUT2D eigenvalue weighted by molar-refractivity contribution is -0.123. The van der Waals surface area contributed by atoms with Gasteiger partial charge in [0.1, 0.15) is 5.78 Å². The fourth-order valence-electron chi connectivity index (χ4n) is 3.50. The van der Waals surface area contributed by atoms with Crippen LogP contribution >= 0.6 is 11.6 Å². The number of hydrogen-bond acceptors (Lipinski definition) is 2. The summed E-state index contributed by atoms with van der Waals surface area (Å²) in [5, 5.41) is 5.08. The average Bonchev–Trinajstić information content (AvgIpc) is 2.75.